The van der Waals surface area contributed by atoms with Gasteiger partial charge in [0.1, 0.15) is 0 Å². The third kappa shape index (κ3) is 1.94. The van der Waals surface area contributed by atoms with E-state index in [4.69, 9.17) is 16.3 Å². The summed E-state index contributed by atoms with van der Waals surface area (Å²) in [6, 6.07) is 0. The predicted molar refractivity (Wildman–Crippen MR) is 43.9 cm³/mol. The number of methoxy groups -OCH3 is 1. The summed E-state index contributed by atoms with van der Waals surface area (Å²) in [5.74, 6) is 0. The quantitative estimate of drug-likeness (QED) is 0.695. The molecule has 0 saturated carbocycles. The van der Waals surface area contributed by atoms with Crippen LogP contribution in [0.15, 0.2) is 6.20 Å². The fourth-order valence-electron chi connectivity index (χ4n) is 0.883. The molecule has 0 aliphatic carbocycles. The van der Waals surface area contributed by atoms with Crippen LogP contribution in [-0.4, -0.2) is 23.3 Å². The second-order valence-electron chi connectivity index (χ2n) is 2.31. The summed E-state index contributed by atoms with van der Waals surface area (Å²) in [4.78, 5) is 3.94. The van der Waals surface area contributed by atoms with E-state index in [1.54, 1.807) is 13.3 Å². The third-order valence-electron chi connectivity index (χ3n) is 1.53. The Bertz CT molecular complexity index is 215. The zero-order valence-corrected chi connectivity index (χ0v) is 7.43. The molecule has 62 valence electrons. The van der Waals surface area contributed by atoms with Gasteiger partial charge in [-0.05, 0) is 18.5 Å². The largest absolute Gasteiger partial charge is 0.383 e. The SMILES string of the molecule is COCCn1c(C)cnc1Cl. The highest BCUT2D eigenvalue weighted by molar-refractivity contribution is 6.28. The number of rotatable bonds is 3. The molecule has 0 amide bonds. The fraction of sp³-hybridized carbons (Fsp3) is 0.571. The van der Waals surface area contributed by atoms with E-state index < -0.39 is 0 Å². The van der Waals surface area contributed by atoms with E-state index in [-0.39, 0.29) is 0 Å². The molecule has 0 saturated heterocycles. The van der Waals surface area contributed by atoms with Crippen LogP contribution in [0, 0.1) is 6.92 Å². The summed E-state index contributed by atoms with van der Waals surface area (Å²) < 4.78 is 6.83. The predicted octanol–water partition coefficient (Wildman–Crippen LogP) is 1.49. The number of aryl methyl sites for hydroxylation is 1. The standard InChI is InChI=1S/C7H11ClN2O/c1-6-5-9-7(8)10(6)3-4-11-2/h5H,3-4H2,1-2H3. The lowest BCUT2D eigenvalue weighted by Gasteiger charge is -2.04. The normalized spacial score (nSPS) is 10.5. The molecule has 4 heteroatoms. The monoisotopic (exact) mass is 174 g/mol. The van der Waals surface area contributed by atoms with Gasteiger partial charge in [0, 0.05) is 25.5 Å². The second kappa shape index (κ2) is 3.74. The number of ether oxygens (including phenoxy) is 1. The van der Waals surface area contributed by atoms with Crippen molar-refractivity contribution in [2.24, 2.45) is 0 Å². The summed E-state index contributed by atoms with van der Waals surface area (Å²) in [5, 5.41) is 0.527. The lowest BCUT2D eigenvalue weighted by Crippen LogP contribution is -2.05. The van der Waals surface area contributed by atoms with Crippen LogP contribution in [-0.2, 0) is 11.3 Å². The maximum atomic E-state index is 5.78. The molecule has 0 atom stereocenters. The van der Waals surface area contributed by atoms with Crippen molar-refractivity contribution in [3.8, 4) is 0 Å². The van der Waals surface area contributed by atoms with Crippen molar-refractivity contribution in [2.45, 2.75) is 13.5 Å². The Hall–Kier alpha value is -0.540. The van der Waals surface area contributed by atoms with E-state index in [9.17, 15) is 0 Å². The first-order valence-corrected chi connectivity index (χ1v) is 3.80. The molecule has 3 nitrogen and oxygen atoms in total. The molecule has 0 fully saturated rings. The molecule has 0 N–H and O–H groups in total. The molecule has 0 aromatic carbocycles. The number of halogens is 1. The van der Waals surface area contributed by atoms with Crippen molar-refractivity contribution < 1.29 is 4.74 Å². The van der Waals surface area contributed by atoms with E-state index in [2.05, 4.69) is 4.98 Å². The highest BCUT2D eigenvalue weighted by Gasteiger charge is 2.01. The fourth-order valence-corrected chi connectivity index (χ4v) is 1.15. The molecule has 0 spiro atoms. The van der Waals surface area contributed by atoms with E-state index in [1.807, 2.05) is 11.5 Å². The number of nitrogens with zero attached hydrogens (tertiary/aromatic N) is 2. The third-order valence-corrected chi connectivity index (χ3v) is 1.83. The van der Waals surface area contributed by atoms with Gasteiger partial charge in [0.15, 0.2) is 0 Å². The Morgan fingerprint density at radius 3 is 2.91 bits per heavy atom. The van der Waals surface area contributed by atoms with Crippen molar-refractivity contribution in [1.82, 2.24) is 9.55 Å². The van der Waals surface area contributed by atoms with Crippen LogP contribution in [0.1, 0.15) is 5.69 Å². The Balaban J connectivity index is 2.67. The molecule has 0 aliphatic heterocycles. The molecule has 1 heterocycles. The van der Waals surface area contributed by atoms with E-state index >= 15 is 0 Å². The Morgan fingerprint density at radius 2 is 2.45 bits per heavy atom. The topological polar surface area (TPSA) is 27.1 Å². The van der Waals surface area contributed by atoms with Crippen molar-refractivity contribution in [3.63, 3.8) is 0 Å². The molecule has 0 unspecified atom stereocenters. The smallest absolute Gasteiger partial charge is 0.202 e. The lowest BCUT2D eigenvalue weighted by atomic mass is 10.5. The van der Waals surface area contributed by atoms with Crippen LogP contribution in [0.4, 0.5) is 0 Å². The molecular formula is C7H11ClN2O. The van der Waals surface area contributed by atoms with E-state index in [0.717, 1.165) is 12.2 Å². The zero-order valence-electron chi connectivity index (χ0n) is 6.67. The van der Waals surface area contributed by atoms with Crippen LogP contribution in [0.5, 0.6) is 0 Å². The summed E-state index contributed by atoms with van der Waals surface area (Å²) in [6.45, 7) is 3.40. The van der Waals surface area contributed by atoms with Gasteiger partial charge in [-0.3, -0.25) is 0 Å². The van der Waals surface area contributed by atoms with Crippen LogP contribution in [0.25, 0.3) is 0 Å². The number of hydrogen-bond donors (Lipinski definition) is 0. The van der Waals surface area contributed by atoms with Crippen LogP contribution in [0.3, 0.4) is 0 Å². The van der Waals surface area contributed by atoms with Gasteiger partial charge in [-0.2, -0.15) is 0 Å². The highest BCUT2D eigenvalue weighted by atomic mass is 35.5. The molecule has 1 rings (SSSR count). The minimum absolute atomic E-state index is 0.527. The molecule has 0 aliphatic rings. The van der Waals surface area contributed by atoms with Crippen LogP contribution >= 0.6 is 11.6 Å². The number of imidazole rings is 1. The van der Waals surface area contributed by atoms with Gasteiger partial charge in [-0.1, -0.05) is 0 Å². The summed E-state index contributed by atoms with van der Waals surface area (Å²) >= 11 is 5.78. The molecule has 0 radical (unpaired) electrons. The average Bonchev–Trinajstić information content (AvgIpc) is 2.29. The summed E-state index contributed by atoms with van der Waals surface area (Å²) in [7, 11) is 1.67. The van der Waals surface area contributed by atoms with Crippen LogP contribution < -0.4 is 0 Å². The molecule has 0 bridgehead atoms. The van der Waals surface area contributed by atoms with Crippen LogP contribution in [0.2, 0.25) is 5.28 Å². The van der Waals surface area contributed by atoms with Gasteiger partial charge in [0.25, 0.3) is 0 Å². The van der Waals surface area contributed by atoms with Crippen molar-refractivity contribution in [2.75, 3.05) is 13.7 Å². The van der Waals surface area contributed by atoms with Gasteiger partial charge in [0.2, 0.25) is 5.28 Å². The minimum Gasteiger partial charge on any atom is -0.383 e. The molecular weight excluding hydrogens is 164 g/mol. The van der Waals surface area contributed by atoms with Crippen molar-refractivity contribution >= 4 is 11.6 Å². The maximum Gasteiger partial charge on any atom is 0.202 e. The van der Waals surface area contributed by atoms with Gasteiger partial charge in [-0.25, -0.2) is 4.98 Å². The van der Waals surface area contributed by atoms with Gasteiger partial charge < -0.3 is 9.30 Å². The van der Waals surface area contributed by atoms with Gasteiger partial charge in [0.05, 0.1) is 6.61 Å². The first-order chi connectivity index (χ1) is 5.25. The zero-order chi connectivity index (χ0) is 8.27. The first-order valence-electron chi connectivity index (χ1n) is 3.42. The first kappa shape index (κ1) is 8.56. The maximum absolute atomic E-state index is 5.78. The molecule has 1 aromatic heterocycles. The van der Waals surface area contributed by atoms with E-state index in [1.165, 1.54) is 0 Å². The van der Waals surface area contributed by atoms with Gasteiger partial charge in [-0.15, -0.1) is 0 Å². The lowest BCUT2D eigenvalue weighted by molar-refractivity contribution is 0.186. The highest BCUT2D eigenvalue weighted by Crippen LogP contribution is 2.08. The second-order valence-corrected chi connectivity index (χ2v) is 2.65. The number of hydrogen-bond acceptors (Lipinski definition) is 2. The Morgan fingerprint density at radius 1 is 1.73 bits per heavy atom. The molecule has 11 heavy (non-hydrogen) atoms. The van der Waals surface area contributed by atoms with Crippen molar-refractivity contribution in [3.05, 3.63) is 17.2 Å². The molecule has 1 aromatic rings. The van der Waals surface area contributed by atoms with E-state index in [0.29, 0.717) is 11.9 Å². The number of aromatic nitrogens is 2. The Labute approximate surface area is 70.9 Å². The average molecular weight is 175 g/mol. The van der Waals surface area contributed by atoms with Gasteiger partial charge >= 0.3 is 0 Å². The summed E-state index contributed by atoms with van der Waals surface area (Å²) in [5.41, 5.74) is 1.06. The summed E-state index contributed by atoms with van der Waals surface area (Å²) in [6.07, 6.45) is 1.75. The van der Waals surface area contributed by atoms with Crippen molar-refractivity contribution in [1.29, 1.82) is 0 Å². The minimum atomic E-state index is 0.527. The Kier molecular flexibility index (Phi) is 2.91.